The Hall–Kier alpha value is -2.18. The molecule has 2 heterocycles. The highest BCUT2D eigenvalue weighted by Crippen LogP contribution is 2.10. The maximum atomic E-state index is 11.6. The van der Waals surface area contributed by atoms with Crippen LogP contribution in [-0.2, 0) is 11.2 Å². The normalized spacial score (nSPS) is 10.4. The van der Waals surface area contributed by atoms with E-state index in [0.29, 0.717) is 5.82 Å². The van der Waals surface area contributed by atoms with Gasteiger partial charge < -0.3 is 5.32 Å². The highest BCUT2D eigenvalue weighted by atomic mass is 16.1. The number of hydrogen-bond acceptors (Lipinski definition) is 4. The largest absolute Gasteiger partial charge is 0.308 e. The number of carbonyl (C=O) groups is 1. The number of hydrogen-bond donors (Lipinski definition) is 3. The summed E-state index contributed by atoms with van der Waals surface area (Å²) >= 11 is 0. The monoisotopic (exact) mass is 220 g/mol. The third kappa shape index (κ3) is 2.08. The standard InChI is InChI=1S/C9H12N6O/c1-5-7(6(2)13-12-5)3-9(16)11-8-4-10-15-14-8/h4H,3H2,1-2H3,(H,12,13)(H2,10,11,14,15,16). The van der Waals surface area contributed by atoms with Gasteiger partial charge in [0.2, 0.25) is 5.91 Å². The molecule has 0 saturated heterocycles. The first-order valence-corrected chi connectivity index (χ1v) is 4.83. The lowest BCUT2D eigenvalue weighted by Gasteiger charge is -2.01. The van der Waals surface area contributed by atoms with E-state index in [1.54, 1.807) is 0 Å². The second kappa shape index (κ2) is 4.13. The molecule has 0 saturated carbocycles. The molecule has 0 bridgehead atoms. The third-order valence-corrected chi connectivity index (χ3v) is 2.30. The fourth-order valence-electron chi connectivity index (χ4n) is 1.44. The van der Waals surface area contributed by atoms with Gasteiger partial charge >= 0.3 is 0 Å². The van der Waals surface area contributed by atoms with E-state index >= 15 is 0 Å². The van der Waals surface area contributed by atoms with E-state index in [1.165, 1.54) is 6.20 Å². The summed E-state index contributed by atoms with van der Waals surface area (Å²) in [7, 11) is 0. The number of anilines is 1. The third-order valence-electron chi connectivity index (χ3n) is 2.30. The van der Waals surface area contributed by atoms with Crippen LogP contribution in [0.2, 0.25) is 0 Å². The van der Waals surface area contributed by atoms with Gasteiger partial charge in [-0.2, -0.15) is 15.4 Å². The molecule has 16 heavy (non-hydrogen) atoms. The van der Waals surface area contributed by atoms with Crippen LogP contribution in [0.3, 0.4) is 0 Å². The van der Waals surface area contributed by atoms with E-state index in [9.17, 15) is 4.79 Å². The van der Waals surface area contributed by atoms with Gasteiger partial charge in [-0.25, -0.2) is 0 Å². The Labute approximate surface area is 91.6 Å². The minimum absolute atomic E-state index is 0.137. The number of amides is 1. The predicted octanol–water partition coefficient (Wildman–Crippen LogP) is 0.326. The van der Waals surface area contributed by atoms with Crippen molar-refractivity contribution >= 4 is 11.7 Å². The van der Waals surface area contributed by atoms with E-state index in [4.69, 9.17) is 0 Å². The summed E-state index contributed by atoms with van der Waals surface area (Å²) in [4.78, 5) is 11.6. The summed E-state index contributed by atoms with van der Waals surface area (Å²) < 4.78 is 0. The highest BCUT2D eigenvalue weighted by Gasteiger charge is 2.12. The van der Waals surface area contributed by atoms with Crippen molar-refractivity contribution in [2.24, 2.45) is 0 Å². The van der Waals surface area contributed by atoms with Crippen LogP contribution in [0.15, 0.2) is 6.20 Å². The molecule has 2 aromatic heterocycles. The molecule has 3 N–H and O–H groups in total. The molecule has 84 valence electrons. The van der Waals surface area contributed by atoms with Crippen LogP contribution in [0.1, 0.15) is 17.0 Å². The number of rotatable bonds is 3. The van der Waals surface area contributed by atoms with E-state index in [0.717, 1.165) is 17.0 Å². The predicted molar refractivity (Wildman–Crippen MR) is 56.8 cm³/mol. The van der Waals surface area contributed by atoms with Crippen molar-refractivity contribution in [2.45, 2.75) is 20.3 Å². The molecule has 0 aliphatic carbocycles. The first kappa shape index (κ1) is 10.3. The second-order valence-electron chi connectivity index (χ2n) is 3.49. The smallest absolute Gasteiger partial charge is 0.230 e. The Morgan fingerprint density at radius 2 is 2.25 bits per heavy atom. The molecular formula is C9H12N6O. The molecule has 2 aromatic rings. The molecule has 0 fully saturated rings. The first-order chi connectivity index (χ1) is 7.66. The van der Waals surface area contributed by atoms with Gasteiger partial charge in [-0.1, -0.05) is 0 Å². The topological polar surface area (TPSA) is 99.4 Å². The molecule has 0 radical (unpaired) electrons. The van der Waals surface area contributed by atoms with Gasteiger partial charge in [0.25, 0.3) is 0 Å². The van der Waals surface area contributed by atoms with Crippen molar-refractivity contribution in [3.63, 3.8) is 0 Å². The summed E-state index contributed by atoms with van der Waals surface area (Å²) in [5.74, 6) is 0.283. The van der Waals surface area contributed by atoms with Crippen LogP contribution in [0.4, 0.5) is 5.82 Å². The maximum Gasteiger partial charge on any atom is 0.230 e. The summed E-state index contributed by atoms with van der Waals surface area (Å²) in [5.41, 5.74) is 2.67. The Bertz CT molecular complexity index is 467. The number of nitrogens with one attached hydrogen (secondary N) is 3. The molecule has 0 unspecified atom stereocenters. The van der Waals surface area contributed by atoms with Gasteiger partial charge in [0.1, 0.15) is 0 Å². The van der Waals surface area contributed by atoms with Gasteiger partial charge in [0.05, 0.1) is 18.3 Å². The summed E-state index contributed by atoms with van der Waals surface area (Å²) in [5, 5.41) is 19.3. The second-order valence-corrected chi connectivity index (χ2v) is 3.49. The van der Waals surface area contributed by atoms with Crippen LogP contribution < -0.4 is 5.32 Å². The fourth-order valence-corrected chi connectivity index (χ4v) is 1.44. The van der Waals surface area contributed by atoms with E-state index in [2.05, 4.69) is 30.9 Å². The Morgan fingerprint density at radius 1 is 1.44 bits per heavy atom. The quantitative estimate of drug-likeness (QED) is 0.693. The molecule has 7 nitrogen and oxygen atoms in total. The van der Waals surface area contributed by atoms with Crippen molar-refractivity contribution in [1.29, 1.82) is 0 Å². The number of aromatic nitrogens is 5. The van der Waals surface area contributed by atoms with Crippen LogP contribution in [0.25, 0.3) is 0 Å². The molecule has 0 atom stereocenters. The fraction of sp³-hybridized carbons (Fsp3) is 0.333. The van der Waals surface area contributed by atoms with Crippen LogP contribution in [0, 0.1) is 13.8 Å². The molecule has 1 amide bonds. The van der Waals surface area contributed by atoms with Crippen molar-refractivity contribution in [3.05, 3.63) is 23.1 Å². The van der Waals surface area contributed by atoms with Crippen molar-refractivity contribution < 1.29 is 4.79 Å². The number of aromatic amines is 2. The van der Waals surface area contributed by atoms with E-state index < -0.39 is 0 Å². The summed E-state index contributed by atoms with van der Waals surface area (Å²) in [6.07, 6.45) is 1.73. The first-order valence-electron chi connectivity index (χ1n) is 4.83. The average Bonchev–Trinajstić information content (AvgIpc) is 2.83. The van der Waals surface area contributed by atoms with Crippen molar-refractivity contribution in [2.75, 3.05) is 5.32 Å². The molecular weight excluding hydrogens is 208 g/mol. The lowest BCUT2D eigenvalue weighted by Crippen LogP contribution is -2.15. The van der Waals surface area contributed by atoms with Gasteiger partial charge in [0, 0.05) is 11.3 Å². The zero-order chi connectivity index (χ0) is 11.5. The lowest BCUT2D eigenvalue weighted by molar-refractivity contribution is -0.115. The SMILES string of the molecule is Cc1n[nH]c(C)c1CC(=O)Nc1cn[nH]n1. The molecule has 0 aliphatic rings. The highest BCUT2D eigenvalue weighted by molar-refractivity contribution is 5.91. The number of nitrogens with zero attached hydrogens (tertiary/aromatic N) is 3. The van der Waals surface area contributed by atoms with Gasteiger partial charge in [-0.3, -0.25) is 9.89 Å². The minimum atomic E-state index is -0.137. The average molecular weight is 220 g/mol. The number of aryl methyl sites for hydroxylation is 2. The van der Waals surface area contributed by atoms with Gasteiger partial charge in [-0.05, 0) is 13.8 Å². The zero-order valence-corrected chi connectivity index (χ0v) is 9.03. The van der Waals surface area contributed by atoms with Gasteiger partial charge in [-0.15, -0.1) is 5.10 Å². The van der Waals surface area contributed by atoms with E-state index in [1.807, 2.05) is 13.8 Å². The number of H-pyrrole nitrogens is 2. The van der Waals surface area contributed by atoms with Crippen molar-refractivity contribution in [3.8, 4) is 0 Å². The molecule has 2 rings (SSSR count). The molecule has 0 spiro atoms. The van der Waals surface area contributed by atoms with Gasteiger partial charge in [0.15, 0.2) is 5.82 Å². The Morgan fingerprint density at radius 3 is 2.81 bits per heavy atom. The van der Waals surface area contributed by atoms with Crippen LogP contribution in [-0.4, -0.2) is 31.5 Å². The summed E-state index contributed by atoms with van der Waals surface area (Å²) in [6, 6.07) is 0. The van der Waals surface area contributed by atoms with Crippen LogP contribution >= 0.6 is 0 Å². The molecule has 0 aliphatic heterocycles. The number of carbonyl (C=O) groups excluding carboxylic acids is 1. The van der Waals surface area contributed by atoms with Crippen molar-refractivity contribution in [1.82, 2.24) is 25.6 Å². The molecule has 7 heteroatoms. The maximum absolute atomic E-state index is 11.6. The zero-order valence-electron chi connectivity index (χ0n) is 9.03. The minimum Gasteiger partial charge on any atom is -0.308 e. The Balaban J connectivity index is 2.03. The summed E-state index contributed by atoms with van der Waals surface area (Å²) in [6.45, 7) is 3.75. The van der Waals surface area contributed by atoms with Crippen LogP contribution in [0.5, 0.6) is 0 Å². The molecule has 0 aromatic carbocycles. The Kier molecular flexibility index (Phi) is 2.67. The lowest BCUT2D eigenvalue weighted by atomic mass is 10.1. The van der Waals surface area contributed by atoms with E-state index in [-0.39, 0.29) is 12.3 Å².